The van der Waals surface area contributed by atoms with Gasteiger partial charge in [0, 0.05) is 0 Å². The maximum atomic E-state index is 5.39. The number of furan rings is 1. The lowest BCUT2D eigenvalue weighted by Crippen LogP contribution is -1.79. The Bertz CT molecular complexity index is 345. The summed E-state index contributed by atoms with van der Waals surface area (Å²) in [5, 5.41) is 8.64. The van der Waals surface area contributed by atoms with Crippen LogP contribution in [0.3, 0.4) is 0 Å². The summed E-state index contributed by atoms with van der Waals surface area (Å²) in [6, 6.07) is 3.62. The average molecular weight is 204 g/mol. The second kappa shape index (κ2) is 3.55. The third-order valence-electron chi connectivity index (χ3n) is 1.17. The van der Waals surface area contributed by atoms with Crippen LogP contribution in [-0.4, -0.2) is 10.2 Å². The summed E-state index contributed by atoms with van der Waals surface area (Å²) in [5.74, 6) is 0.708. The van der Waals surface area contributed by atoms with Gasteiger partial charge >= 0.3 is 0 Å². The molecule has 0 radical (unpaired) electrons. The van der Waals surface area contributed by atoms with Gasteiger partial charge in [-0.1, -0.05) is 11.3 Å². The van der Waals surface area contributed by atoms with Gasteiger partial charge in [-0.3, -0.25) is 0 Å². The zero-order chi connectivity index (χ0) is 7.68. The minimum absolute atomic E-state index is 0. The van der Waals surface area contributed by atoms with E-state index >= 15 is 0 Å². The van der Waals surface area contributed by atoms with Crippen molar-refractivity contribution in [2.24, 2.45) is 0 Å². The van der Waals surface area contributed by atoms with E-state index in [9.17, 15) is 0 Å². The highest BCUT2D eigenvalue weighted by Gasteiger charge is 2.05. The summed E-state index contributed by atoms with van der Waals surface area (Å²) in [4.78, 5) is 0. The maximum absolute atomic E-state index is 5.39. The second-order valence-electron chi connectivity index (χ2n) is 1.92. The van der Waals surface area contributed by atoms with E-state index in [1.165, 1.54) is 11.3 Å². The normalized spacial score (nSPS) is 9.33. The van der Waals surface area contributed by atoms with E-state index in [1.807, 2.05) is 6.07 Å². The van der Waals surface area contributed by atoms with E-state index < -0.39 is 0 Å². The Labute approximate surface area is 78.8 Å². The molecule has 2 heterocycles. The molecule has 0 atom stereocenters. The minimum Gasteiger partial charge on any atom is -0.462 e. The number of hydrogen-bond donors (Lipinski definition) is 1. The zero-order valence-corrected chi connectivity index (χ0v) is 7.56. The van der Waals surface area contributed by atoms with Crippen molar-refractivity contribution in [3.63, 3.8) is 0 Å². The highest BCUT2D eigenvalue weighted by atomic mass is 35.5. The quantitative estimate of drug-likeness (QED) is 0.768. The van der Waals surface area contributed by atoms with Gasteiger partial charge in [-0.2, -0.15) is 0 Å². The molecule has 0 unspecified atom stereocenters. The number of aromatic nitrogens is 2. The predicted octanol–water partition coefficient (Wildman–Crippen LogP) is 1.80. The lowest BCUT2D eigenvalue weighted by atomic mass is 10.5. The first-order valence-corrected chi connectivity index (χ1v) is 3.81. The molecule has 2 aromatic heterocycles. The van der Waals surface area contributed by atoms with Crippen LogP contribution in [0.25, 0.3) is 10.8 Å². The highest BCUT2D eigenvalue weighted by molar-refractivity contribution is 7.18. The summed E-state index contributed by atoms with van der Waals surface area (Å²) >= 11 is 1.31. The molecule has 64 valence electrons. The maximum Gasteiger partial charge on any atom is 0.203 e. The Kier molecular flexibility index (Phi) is 2.67. The minimum atomic E-state index is 0. The number of nitrogens with zero attached hydrogens (tertiary/aromatic N) is 2. The Morgan fingerprint density at radius 3 is 2.75 bits per heavy atom. The van der Waals surface area contributed by atoms with Crippen LogP contribution >= 0.6 is 23.7 Å². The molecule has 0 bridgehead atoms. The van der Waals surface area contributed by atoms with Crippen LogP contribution in [0.1, 0.15) is 0 Å². The first-order chi connectivity index (χ1) is 5.36. The predicted molar refractivity (Wildman–Crippen MR) is 49.3 cm³/mol. The number of anilines is 1. The van der Waals surface area contributed by atoms with Crippen molar-refractivity contribution < 1.29 is 4.42 Å². The molecule has 0 amide bonds. The van der Waals surface area contributed by atoms with E-state index in [4.69, 9.17) is 10.2 Å². The van der Waals surface area contributed by atoms with E-state index in [-0.39, 0.29) is 12.4 Å². The molecule has 6 heteroatoms. The van der Waals surface area contributed by atoms with Gasteiger partial charge in [0.25, 0.3) is 0 Å². The van der Waals surface area contributed by atoms with Crippen molar-refractivity contribution in [2.45, 2.75) is 0 Å². The van der Waals surface area contributed by atoms with Gasteiger partial charge in [-0.15, -0.1) is 22.6 Å². The molecule has 12 heavy (non-hydrogen) atoms. The number of rotatable bonds is 1. The monoisotopic (exact) mass is 203 g/mol. The van der Waals surface area contributed by atoms with Crippen molar-refractivity contribution in [3.8, 4) is 10.8 Å². The Hall–Kier alpha value is -1.07. The molecule has 2 rings (SSSR count). The van der Waals surface area contributed by atoms with Crippen molar-refractivity contribution in [2.75, 3.05) is 5.73 Å². The van der Waals surface area contributed by atoms with Gasteiger partial charge in [0.05, 0.1) is 6.26 Å². The van der Waals surface area contributed by atoms with Crippen molar-refractivity contribution in [3.05, 3.63) is 18.4 Å². The van der Waals surface area contributed by atoms with Crippen molar-refractivity contribution >= 4 is 28.9 Å². The zero-order valence-electron chi connectivity index (χ0n) is 5.93. The summed E-state index contributed by atoms with van der Waals surface area (Å²) in [6.45, 7) is 0. The molecule has 0 aliphatic carbocycles. The second-order valence-corrected chi connectivity index (χ2v) is 2.93. The van der Waals surface area contributed by atoms with Gasteiger partial charge in [0.2, 0.25) is 5.13 Å². The lowest BCUT2D eigenvalue weighted by Gasteiger charge is -1.82. The number of hydrogen-bond acceptors (Lipinski definition) is 5. The van der Waals surface area contributed by atoms with Gasteiger partial charge in [0.1, 0.15) is 0 Å². The lowest BCUT2D eigenvalue weighted by molar-refractivity contribution is 0.581. The summed E-state index contributed by atoms with van der Waals surface area (Å²) in [5.41, 5.74) is 5.39. The third kappa shape index (κ3) is 1.57. The van der Waals surface area contributed by atoms with Gasteiger partial charge < -0.3 is 10.2 Å². The number of nitrogen functional groups attached to an aromatic ring is 1. The van der Waals surface area contributed by atoms with Crippen LogP contribution < -0.4 is 5.73 Å². The molecule has 0 saturated heterocycles. The first-order valence-electron chi connectivity index (χ1n) is 2.99. The molecule has 0 saturated carbocycles. The van der Waals surface area contributed by atoms with Crippen LogP contribution in [0.2, 0.25) is 0 Å². The molecule has 0 fully saturated rings. The fourth-order valence-electron chi connectivity index (χ4n) is 0.734. The average Bonchev–Trinajstić information content (AvgIpc) is 2.55. The fraction of sp³-hybridized carbons (Fsp3) is 0. The number of halogens is 1. The molecular formula is C6H6ClN3OS. The highest BCUT2D eigenvalue weighted by Crippen LogP contribution is 2.24. The molecule has 0 aromatic carbocycles. The molecule has 2 aromatic rings. The van der Waals surface area contributed by atoms with Crippen LogP contribution in [0.15, 0.2) is 22.8 Å². The standard InChI is InChI=1S/C6H5N3OS.ClH/c7-6-9-8-5(11-6)4-2-1-3-10-4;/h1-3H,(H2,7,9);1H. The summed E-state index contributed by atoms with van der Waals surface area (Å²) < 4.78 is 5.09. The molecule has 0 aliphatic heterocycles. The Balaban J connectivity index is 0.000000720. The van der Waals surface area contributed by atoms with Crippen LogP contribution in [0.4, 0.5) is 5.13 Å². The first kappa shape index (κ1) is 9.02. The Morgan fingerprint density at radius 2 is 2.25 bits per heavy atom. The van der Waals surface area contributed by atoms with Gasteiger partial charge in [-0.05, 0) is 12.1 Å². The Morgan fingerprint density at radius 1 is 1.42 bits per heavy atom. The van der Waals surface area contributed by atoms with Crippen LogP contribution in [-0.2, 0) is 0 Å². The van der Waals surface area contributed by atoms with Gasteiger partial charge in [0.15, 0.2) is 10.8 Å². The number of nitrogens with two attached hydrogens (primary N) is 1. The molecule has 0 aliphatic rings. The molecular weight excluding hydrogens is 198 g/mol. The SMILES string of the molecule is Cl.Nc1nnc(-c2ccco2)s1. The van der Waals surface area contributed by atoms with E-state index in [1.54, 1.807) is 12.3 Å². The van der Waals surface area contributed by atoms with Gasteiger partial charge in [-0.25, -0.2) is 0 Å². The summed E-state index contributed by atoms with van der Waals surface area (Å²) in [6.07, 6.45) is 1.59. The van der Waals surface area contributed by atoms with Crippen molar-refractivity contribution in [1.82, 2.24) is 10.2 Å². The fourth-order valence-corrected chi connectivity index (χ4v) is 1.31. The third-order valence-corrected chi connectivity index (χ3v) is 1.94. The van der Waals surface area contributed by atoms with E-state index in [2.05, 4.69) is 10.2 Å². The smallest absolute Gasteiger partial charge is 0.203 e. The van der Waals surface area contributed by atoms with Crippen LogP contribution in [0.5, 0.6) is 0 Å². The van der Waals surface area contributed by atoms with E-state index in [0.29, 0.717) is 15.9 Å². The van der Waals surface area contributed by atoms with Crippen LogP contribution in [0, 0.1) is 0 Å². The largest absolute Gasteiger partial charge is 0.462 e. The molecule has 0 spiro atoms. The topological polar surface area (TPSA) is 64.9 Å². The summed E-state index contributed by atoms with van der Waals surface area (Å²) in [7, 11) is 0. The van der Waals surface area contributed by atoms with E-state index in [0.717, 1.165) is 0 Å². The molecule has 2 N–H and O–H groups in total. The molecule has 4 nitrogen and oxygen atoms in total. The van der Waals surface area contributed by atoms with Crippen molar-refractivity contribution in [1.29, 1.82) is 0 Å².